The van der Waals surface area contributed by atoms with E-state index in [9.17, 15) is 4.79 Å². The van der Waals surface area contributed by atoms with Crippen molar-refractivity contribution in [1.29, 1.82) is 0 Å². The molecule has 180 valence electrons. The van der Waals surface area contributed by atoms with Gasteiger partial charge in [-0.05, 0) is 46.1 Å². The maximum absolute atomic E-state index is 12.3. The molecule has 1 heterocycles. The van der Waals surface area contributed by atoms with Gasteiger partial charge in [0.25, 0.3) is 8.32 Å². The number of aryl methyl sites for hydroxylation is 1. The lowest BCUT2D eigenvalue weighted by atomic mass is 10.2. The van der Waals surface area contributed by atoms with Gasteiger partial charge in [-0.1, -0.05) is 99.6 Å². The molecule has 0 aliphatic heterocycles. The van der Waals surface area contributed by atoms with Crippen molar-refractivity contribution in [3.05, 3.63) is 120 Å². The molecule has 0 atom stereocenters. The molecule has 0 N–H and O–H groups in total. The van der Waals surface area contributed by atoms with Crippen LogP contribution in [-0.4, -0.2) is 14.3 Å². The van der Waals surface area contributed by atoms with E-state index in [0.29, 0.717) is 17.9 Å². The molecule has 3 aromatic carbocycles. The number of ether oxygens (including phenoxy) is 1. The van der Waals surface area contributed by atoms with E-state index in [2.05, 4.69) is 69.3 Å². The number of esters is 1. The molecule has 0 aliphatic carbocycles. The van der Waals surface area contributed by atoms with E-state index in [4.69, 9.17) is 13.6 Å². The molecule has 35 heavy (non-hydrogen) atoms. The van der Waals surface area contributed by atoms with Gasteiger partial charge in [0.1, 0.15) is 18.1 Å². The normalized spacial score (nSPS) is 11.9. The molecule has 0 unspecified atom stereocenters. The fourth-order valence-electron chi connectivity index (χ4n) is 4.53. The zero-order valence-corrected chi connectivity index (χ0v) is 21.8. The maximum Gasteiger partial charge on any atom is 0.338 e. The van der Waals surface area contributed by atoms with Crippen LogP contribution in [0.25, 0.3) is 0 Å². The lowest BCUT2D eigenvalue weighted by Gasteiger charge is -2.42. The third-order valence-electron chi connectivity index (χ3n) is 6.26. The van der Waals surface area contributed by atoms with Crippen molar-refractivity contribution in [2.75, 3.05) is 0 Å². The molecule has 0 saturated heterocycles. The highest BCUT2D eigenvalue weighted by Crippen LogP contribution is 2.37. The molecule has 0 amide bonds. The van der Waals surface area contributed by atoms with Crippen LogP contribution in [0, 0.1) is 6.92 Å². The second kappa shape index (κ2) is 10.5. The molecular weight excluding hydrogens is 452 g/mol. The first-order valence-corrected chi connectivity index (χ1v) is 13.8. The lowest BCUT2D eigenvalue weighted by molar-refractivity contribution is 0.0441. The van der Waals surface area contributed by atoms with Gasteiger partial charge in [0.05, 0.1) is 12.2 Å². The van der Waals surface area contributed by atoms with Gasteiger partial charge in [0.15, 0.2) is 0 Å². The molecule has 0 radical (unpaired) electrons. The number of carbonyl (C=O) groups is 1. The summed E-state index contributed by atoms with van der Waals surface area (Å²) >= 11 is 0. The van der Waals surface area contributed by atoms with Crippen molar-refractivity contribution in [2.24, 2.45) is 0 Å². The van der Waals surface area contributed by atoms with Crippen LogP contribution in [0.1, 0.15) is 48.2 Å². The Morgan fingerprint density at radius 3 is 1.83 bits per heavy atom. The van der Waals surface area contributed by atoms with Crippen LogP contribution in [0.5, 0.6) is 0 Å². The van der Waals surface area contributed by atoms with Crippen molar-refractivity contribution >= 4 is 24.7 Å². The SMILES string of the molecule is Cc1cc(CO[Si](c2ccccc2)(c2ccccc2)C(C)(C)C)oc1COC(=O)c1ccccc1. The minimum atomic E-state index is -2.67. The van der Waals surface area contributed by atoms with E-state index in [0.717, 1.165) is 11.3 Å². The largest absolute Gasteiger partial charge is 0.460 e. The molecule has 1 aromatic heterocycles. The van der Waals surface area contributed by atoms with Crippen LogP contribution in [0.4, 0.5) is 0 Å². The van der Waals surface area contributed by atoms with E-state index < -0.39 is 8.32 Å². The summed E-state index contributed by atoms with van der Waals surface area (Å²) < 4.78 is 18.5. The summed E-state index contributed by atoms with van der Waals surface area (Å²) in [4.78, 5) is 12.3. The Labute approximate surface area is 208 Å². The Kier molecular flexibility index (Phi) is 7.38. The van der Waals surface area contributed by atoms with Gasteiger partial charge in [0.2, 0.25) is 0 Å². The summed E-state index contributed by atoms with van der Waals surface area (Å²) in [6.07, 6.45) is 0. The standard InChI is InChI=1S/C30H32O4Si/c1-23-20-25(34-28(23)22-32-29(31)24-14-8-5-9-15-24)21-33-35(30(2,3)4,26-16-10-6-11-17-26)27-18-12-7-13-19-27/h5-20H,21-22H2,1-4H3. The molecule has 0 spiro atoms. The van der Waals surface area contributed by atoms with Crippen molar-refractivity contribution in [3.63, 3.8) is 0 Å². The Morgan fingerprint density at radius 1 is 0.800 bits per heavy atom. The third kappa shape index (κ3) is 5.31. The molecular formula is C30H32O4Si. The second-order valence-corrected chi connectivity index (χ2v) is 14.0. The zero-order valence-electron chi connectivity index (χ0n) is 20.8. The Hall–Kier alpha value is -3.41. The number of carbonyl (C=O) groups excluding carboxylic acids is 1. The first-order chi connectivity index (χ1) is 16.8. The van der Waals surface area contributed by atoms with Crippen molar-refractivity contribution in [1.82, 2.24) is 0 Å². The lowest BCUT2D eigenvalue weighted by Crippen LogP contribution is -2.66. The van der Waals surface area contributed by atoms with Gasteiger partial charge in [-0.3, -0.25) is 0 Å². The topological polar surface area (TPSA) is 48.7 Å². The predicted molar refractivity (Wildman–Crippen MR) is 141 cm³/mol. The van der Waals surface area contributed by atoms with Gasteiger partial charge in [-0.15, -0.1) is 0 Å². The summed E-state index contributed by atoms with van der Waals surface area (Å²) in [5.41, 5.74) is 1.46. The fraction of sp³-hybridized carbons (Fsp3) is 0.233. The van der Waals surface area contributed by atoms with Crippen LogP contribution in [0.3, 0.4) is 0 Å². The first-order valence-electron chi connectivity index (χ1n) is 11.9. The highest BCUT2D eigenvalue weighted by atomic mass is 28.4. The van der Waals surface area contributed by atoms with Crippen LogP contribution in [0.2, 0.25) is 5.04 Å². The van der Waals surface area contributed by atoms with Crippen LogP contribution in [0.15, 0.2) is 101 Å². The number of rotatable bonds is 8. The Balaban J connectivity index is 1.58. The van der Waals surface area contributed by atoms with Crippen LogP contribution in [-0.2, 0) is 22.4 Å². The number of hydrogen-bond donors (Lipinski definition) is 0. The average molecular weight is 485 g/mol. The van der Waals surface area contributed by atoms with Gasteiger partial charge in [-0.25, -0.2) is 4.79 Å². The van der Waals surface area contributed by atoms with E-state index in [1.165, 1.54) is 10.4 Å². The molecule has 0 aliphatic rings. The van der Waals surface area contributed by atoms with E-state index >= 15 is 0 Å². The monoisotopic (exact) mass is 484 g/mol. The molecule has 0 bridgehead atoms. The summed E-state index contributed by atoms with van der Waals surface area (Å²) in [5.74, 6) is 0.989. The quantitative estimate of drug-likeness (QED) is 0.227. The summed E-state index contributed by atoms with van der Waals surface area (Å²) in [6, 6.07) is 32.0. The molecule has 4 nitrogen and oxygen atoms in total. The summed E-state index contributed by atoms with van der Waals surface area (Å²) in [7, 11) is -2.67. The van der Waals surface area contributed by atoms with Crippen LogP contribution < -0.4 is 10.4 Å². The number of benzene rings is 3. The molecule has 4 aromatic rings. The second-order valence-electron chi connectivity index (χ2n) is 9.71. The van der Waals surface area contributed by atoms with Gasteiger partial charge >= 0.3 is 5.97 Å². The minimum Gasteiger partial charge on any atom is -0.460 e. The predicted octanol–water partition coefficient (Wildman–Crippen LogP) is 6.02. The van der Waals surface area contributed by atoms with Gasteiger partial charge < -0.3 is 13.6 Å². The van der Waals surface area contributed by atoms with Gasteiger partial charge in [-0.2, -0.15) is 0 Å². The van der Waals surface area contributed by atoms with Crippen molar-refractivity contribution in [2.45, 2.75) is 45.9 Å². The third-order valence-corrected chi connectivity index (χ3v) is 11.2. The van der Waals surface area contributed by atoms with Crippen molar-refractivity contribution in [3.8, 4) is 0 Å². The maximum atomic E-state index is 12.3. The Bertz CT molecular complexity index is 1200. The highest BCUT2D eigenvalue weighted by Gasteiger charge is 2.50. The van der Waals surface area contributed by atoms with E-state index in [1.54, 1.807) is 12.1 Å². The van der Waals surface area contributed by atoms with E-state index in [1.807, 2.05) is 43.3 Å². The van der Waals surface area contributed by atoms with Gasteiger partial charge in [0, 0.05) is 0 Å². The zero-order chi connectivity index (χ0) is 24.9. The number of hydrogen-bond acceptors (Lipinski definition) is 4. The smallest absolute Gasteiger partial charge is 0.338 e. The Morgan fingerprint density at radius 2 is 1.31 bits per heavy atom. The number of furan rings is 1. The van der Waals surface area contributed by atoms with E-state index in [-0.39, 0.29) is 17.6 Å². The molecule has 4 rings (SSSR count). The first kappa shape index (κ1) is 24.7. The highest BCUT2D eigenvalue weighted by molar-refractivity contribution is 6.99. The summed E-state index contributed by atoms with van der Waals surface area (Å²) in [6.45, 7) is 9.13. The molecule has 5 heteroatoms. The average Bonchev–Trinajstić information content (AvgIpc) is 3.23. The fourth-order valence-corrected chi connectivity index (χ4v) is 9.05. The molecule has 0 fully saturated rings. The van der Waals surface area contributed by atoms with Crippen LogP contribution >= 0.6 is 0 Å². The van der Waals surface area contributed by atoms with Crippen molar-refractivity contribution < 1.29 is 18.4 Å². The minimum absolute atomic E-state index is 0.0821. The summed E-state index contributed by atoms with van der Waals surface area (Å²) in [5, 5.41) is 2.32. The molecule has 0 saturated carbocycles.